The molecule has 0 atom stereocenters. The van der Waals surface area contributed by atoms with Gasteiger partial charge in [0.05, 0.1) is 22.8 Å². The van der Waals surface area contributed by atoms with Crippen LogP contribution in [-0.2, 0) is 5.88 Å². The fourth-order valence-corrected chi connectivity index (χ4v) is 1.76. The zero-order valence-electron chi connectivity index (χ0n) is 8.68. The monoisotopic (exact) mass is 232 g/mol. The highest BCUT2D eigenvalue weighted by Gasteiger charge is 2.15. The molecule has 0 aliphatic carbocycles. The lowest BCUT2D eigenvalue weighted by Gasteiger charge is -2.03. The molecule has 2 heterocycles. The average Bonchev–Trinajstić information content (AvgIpc) is 2.66. The smallest absolute Gasteiger partial charge is 0.153 e. The largest absolute Gasteiger partial charge is 0.237 e. The van der Waals surface area contributed by atoms with Gasteiger partial charge in [0.15, 0.2) is 5.82 Å². The van der Waals surface area contributed by atoms with Gasteiger partial charge in [-0.25, -0.2) is 9.67 Å². The fourth-order valence-electron chi connectivity index (χ4n) is 1.51. The molecule has 2 aromatic heterocycles. The van der Waals surface area contributed by atoms with E-state index in [4.69, 9.17) is 16.9 Å². The third-order valence-corrected chi connectivity index (χ3v) is 2.51. The molecule has 0 saturated heterocycles. The summed E-state index contributed by atoms with van der Waals surface area (Å²) in [6.45, 7) is 1.79. The van der Waals surface area contributed by atoms with Gasteiger partial charge < -0.3 is 0 Å². The van der Waals surface area contributed by atoms with E-state index in [2.05, 4.69) is 16.2 Å². The number of halogens is 1. The van der Waals surface area contributed by atoms with Crippen LogP contribution in [0.5, 0.6) is 0 Å². The van der Waals surface area contributed by atoms with Crippen LogP contribution >= 0.6 is 11.6 Å². The lowest BCUT2D eigenvalue weighted by Crippen LogP contribution is -2.03. The summed E-state index contributed by atoms with van der Waals surface area (Å²) >= 11 is 5.84. The first-order chi connectivity index (χ1) is 7.77. The van der Waals surface area contributed by atoms with E-state index in [-0.39, 0.29) is 5.88 Å². The van der Waals surface area contributed by atoms with Crippen LogP contribution in [0, 0.1) is 18.3 Å². The van der Waals surface area contributed by atoms with Crippen LogP contribution < -0.4 is 0 Å². The summed E-state index contributed by atoms with van der Waals surface area (Å²) in [5.74, 6) is 0.906. The van der Waals surface area contributed by atoms with Crippen molar-refractivity contribution in [1.29, 1.82) is 5.26 Å². The maximum atomic E-state index is 9.01. The summed E-state index contributed by atoms with van der Waals surface area (Å²) < 4.78 is 1.61. The number of nitriles is 1. The molecule has 2 aromatic rings. The van der Waals surface area contributed by atoms with Gasteiger partial charge in [0, 0.05) is 6.20 Å². The Labute approximate surface area is 98.1 Å². The standard InChI is InChI=1S/C11H9ClN4/c1-8-9(7-13)10(6-12)16(15-8)11-4-2-3-5-14-11/h2-5H,6H2,1H3. The van der Waals surface area contributed by atoms with Gasteiger partial charge in [-0.05, 0) is 19.1 Å². The van der Waals surface area contributed by atoms with Crippen LogP contribution in [0.4, 0.5) is 0 Å². The van der Waals surface area contributed by atoms with Crippen LogP contribution in [0.25, 0.3) is 5.82 Å². The van der Waals surface area contributed by atoms with Crippen LogP contribution in [0.1, 0.15) is 17.0 Å². The Bertz CT molecular complexity index is 539. The number of hydrogen-bond acceptors (Lipinski definition) is 3. The highest BCUT2D eigenvalue weighted by Crippen LogP contribution is 2.18. The second-order valence-electron chi connectivity index (χ2n) is 3.25. The number of pyridine rings is 1. The van der Waals surface area contributed by atoms with Crippen molar-refractivity contribution in [2.45, 2.75) is 12.8 Å². The van der Waals surface area contributed by atoms with Crippen molar-refractivity contribution in [1.82, 2.24) is 14.8 Å². The molecular formula is C11H9ClN4. The van der Waals surface area contributed by atoms with Crippen LogP contribution in [0.15, 0.2) is 24.4 Å². The van der Waals surface area contributed by atoms with Gasteiger partial charge >= 0.3 is 0 Å². The maximum Gasteiger partial charge on any atom is 0.153 e. The number of nitrogens with zero attached hydrogens (tertiary/aromatic N) is 4. The zero-order valence-corrected chi connectivity index (χ0v) is 9.44. The number of aromatic nitrogens is 3. The number of aryl methyl sites for hydroxylation is 1. The summed E-state index contributed by atoms with van der Waals surface area (Å²) in [6.07, 6.45) is 1.68. The van der Waals surface area contributed by atoms with Crippen molar-refractivity contribution in [3.05, 3.63) is 41.3 Å². The van der Waals surface area contributed by atoms with E-state index < -0.39 is 0 Å². The van der Waals surface area contributed by atoms with E-state index in [0.29, 0.717) is 22.8 Å². The highest BCUT2D eigenvalue weighted by molar-refractivity contribution is 6.17. The normalized spacial score (nSPS) is 10.1. The molecule has 0 aliphatic heterocycles. The molecule has 0 saturated carbocycles. The molecule has 16 heavy (non-hydrogen) atoms. The minimum atomic E-state index is 0.236. The first kappa shape index (κ1) is 10.7. The lowest BCUT2D eigenvalue weighted by molar-refractivity contribution is 0.800. The summed E-state index contributed by atoms with van der Waals surface area (Å²) in [6, 6.07) is 7.62. The predicted molar refractivity (Wildman–Crippen MR) is 60.4 cm³/mol. The molecule has 0 unspecified atom stereocenters. The third kappa shape index (κ3) is 1.66. The van der Waals surface area contributed by atoms with Gasteiger partial charge in [0.2, 0.25) is 0 Å². The summed E-state index contributed by atoms with van der Waals surface area (Å²) in [7, 11) is 0. The summed E-state index contributed by atoms with van der Waals surface area (Å²) in [5, 5.41) is 13.3. The molecule has 0 radical (unpaired) electrons. The van der Waals surface area contributed by atoms with Gasteiger partial charge in [-0.1, -0.05) is 6.07 Å². The number of hydrogen-bond donors (Lipinski definition) is 0. The molecule has 0 amide bonds. The van der Waals surface area contributed by atoms with E-state index in [9.17, 15) is 0 Å². The Morgan fingerprint density at radius 3 is 2.88 bits per heavy atom. The van der Waals surface area contributed by atoms with Crippen molar-refractivity contribution in [3.8, 4) is 11.9 Å². The van der Waals surface area contributed by atoms with E-state index in [0.717, 1.165) is 0 Å². The minimum Gasteiger partial charge on any atom is -0.237 e. The highest BCUT2D eigenvalue weighted by atomic mass is 35.5. The van der Waals surface area contributed by atoms with E-state index in [1.165, 1.54) is 0 Å². The first-order valence-electron chi connectivity index (χ1n) is 4.74. The maximum absolute atomic E-state index is 9.01. The molecule has 0 aliphatic rings. The van der Waals surface area contributed by atoms with Gasteiger partial charge in [0.25, 0.3) is 0 Å². The Morgan fingerprint density at radius 2 is 2.31 bits per heavy atom. The Balaban J connectivity index is 2.63. The Hall–Kier alpha value is -1.86. The van der Waals surface area contributed by atoms with E-state index in [1.54, 1.807) is 17.8 Å². The molecule has 0 spiro atoms. The van der Waals surface area contributed by atoms with Crippen LogP contribution in [0.2, 0.25) is 0 Å². The van der Waals surface area contributed by atoms with Gasteiger partial charge in [0.1, 0.15) is 6.07 Å². The summed E-state index contributed by atoms with van der Waals surface area (Å²) in [5.41, 5.74) is 1.88. The molecule has 0 fully saturated rings. The average molecular weight is 233 g/mol. The quantitative estimate of drug-likeness (QED) is 0.746. The third-order valence-electron chi connectivity index (χ3n) is 2.26. The predicted octanol–water partition coefficient (Wildman–Crippen LogP) is 2.19. The van der Waals surface area contributed by atoms with Gasteiger partial charge in [-0.2, -0.15) is 10.4 Å². The fraction of sp³-hybridized carbons (Fsp3) is 0.182. The van der Waals surface area contributed by atoms with Crippen molar-refractivity contribution in [2.24, 2.45) is 0 Å². The molecular weight excluding hydrogens is 224 g/mol. The molecule has 0 N–H and O–H groups in total. The van der Waals surface area contributed by atoms with E-state index >= 15 is 0 Å². The Kier molecular flexibility index (Phi) is 2.88. The van der Waals surface area contributed by atoms with Crippen molar-refractivity contribution in [3.63, 3.8) is 0 Å². The van der Waals surface area contributed by atoms with Crippen LogP contribution in [0.3, 0.4) is 0 Å². The zero-order chi connectivity index (χ0) is 11.5. The second-order valence-corrected chi connectivity index (χ2v) is 3.52. The first-order valence-corrected chi connectivity index (χ1v) is 5.27. The Morgan fingerprint density at radius 1 is 1.50 bits per heavy atom. The van der Waals surface area contributed by atoms with Crippen molar-refractivity contribution < 1.29 is 0 Å². The molecule has 80 valence electrons. The molecule has 5 heteroatoms. The molecule has 0 bridgehead atoms. The molecule has 0 aromatic carbocycles. The van der Waals surface area contributed by atoms with Crippen LogP contribution in [-0.4, -0.2) is 14.8 Å². The number of alkyl halides is 1. The SMILES string of the molecule is Cc1nn(-c2ccccn2)c(CCl)c1C#N. The van der Waals surface area contributed by atoms with Crippen molar-refractivity contribution >= 4 is 11.6 Å². The molecule has 2 rings (SSSR count). The second kappa shape index (κ2) is 4.33. The minimum absolute atomic E-state index is 0.236. The van der Waals surface area contributed by atoms with Gasteiger partial charge in [-0.3, -0.25) is 0 Å². The van der Waals surface area contributed by atoms with Crippen molar-refractivity contribution in [2.75, 3.05) is 0 Å². The van der Waals surface area contributed by atoms with E-state index in [1.807, 2.05) is 18.2 Å². The lowest BCUT2D eigenvalue weighted by atomic mass is 10.2. The summed E-state index contributed by atoms with van der Waals surface area (Å²) in [4.78, 5) is 4.18. The topological polar surface area (TPSA) is 54.5 Å². The van der Waals surface area contributed by atoms with Gasteiger partial charge in [-0.15, -0.1) is 11.6 Å². The number of rotatable bonds is 2. The molecule has 4 nitrogen and oxygen atoms in total.